The first-order valence-electron chi connectivity index (χ1n) is 6.92. The Morgan fingerprint density at radius 2 is 1.37 bits per heavy atom. The van der Waals surface area contributed by atoms with E-state index in [4.69, 9.17) is 5.73 Å². The summed E-state index contributed by atoms with van der Waals surface area (Å²) in [6, 6.07) is 7.23. The quantitative estimate of drug-likeness (QED) is 0.258. The van der Waals surface area contributed by atoms with Gasteiger partial charge in [-0.1, -0.05) is 17.3 Å². The van der Waals surface area contributed by atoms with Crippen LogP contribution >= 0.6 is 0 Å². The number of hydrogen-bond acceptors (Lipinski definition) is 9. The van der Waals surface area contributed by atoms with Gasteiger partial charge in [-0.2, -0.15) is 0 Å². The van der Waals surface area contributed by atoms with Crippen LogP contribution in [0.25, 0.3) is 0 Å². The molecule has 0 heterocycles. The highest BCUT2D eigenvalue weighted by Crippen LogP contribution is 2.23. The Hall–Kier alpha value is -4.42. The number of nitrogens with zero attached hydrogens (tertiary/aromatic N) is 4. The highest BCUT2D eigenvalue weighted by molar-refractivity contribution is 5.98. The van der Waals surface area contributed by atoms with Crippen LogP contribution in [0, 0.1) is 30.3 Å². The maximum atomic E-state index is 12.0. The van der Waals surface area contributed by atoms with E-state index >= 15 is 0 Å². The second-order valence-electron chi connectivity index (χ2n) is 4.92. The maximum absolute atomic E-state index is 12.0. The van der Waals surface area contributed by atoms with Gasteiger partial charge < -0.3 is 10.6 Å². The van der Waals surface area contributed by atoms with Crippen molar-refractivity contribution in [2.45, 2.75) is 0 Å². The molecule has 13 heteroatoms. The summed E-state index contributed by atoms with van der Waals surface area (Å²) in [6.07, 6.45) is 0. The molecule has 2 aromatic rings. The zero-order valence-electron chi connectivity index (χ0n) is 13.2. The van der Waals surface area contributed by atoms with Gasteiger partial charge in [0, 0.05) is 29.8 Å². The summed E-state index contributed by atoms with van der Waals surface area (Å²) in [5, 5.41) is 35.7. The number of nitro benzene ring substituents is 3. The van der Waals surface area contributed by atoms with Crippen LogP contribution in [0.1, 0.15) is 15.9 Å². The van der Waals surface area contributed by atoms with Crippen molar-refractivity contribution in [3.63, 3.8) is 0 Å². The number of hydrogen-bond donors (Lipinski definition) is 1. The molecule has 2 rings (SSSR count). The first kappa shape index (κ1) is 18.9. The van der Waals surface area contributed by atoms with Gasteiger partial charge in [0.05, 0.1) is 26.4 Å². The molecule has 2 N–H and O–H groups in total. The molecule has 0 aromatic heterocycles. The van der Waals surface area contributed by atoms with Gasteiger partial charge in [0.2, 0.25) is 0 Å². The van der Waals surface area contributed by atoms with Crippen molar-refractivity contribution < 1.29 is 24.4 Å². The molecule has 0 aliphatic heterocycles. The Balaban J connectivity index is 2.28. The van der Waals surface area contributed by atoms with E-state index in [1.807, 2.05) is 0 Å². The molecule has 138 valence electrons. The molecule has 2 aromatic carbocycles. The number of nitrogens with two attached hydrogens (primary N) is 1. The molecule has 0 fully saturated rings. The van der Waals surface area contributed by atoms with Crippen LogP contribution in [0.3, 0.4) is 0 Å². The van der Waals surface area contributed by atoms with E-state index in [9.17, 15) is 35.1 Å². The zero-order valence-corrected chi connectivity index (χ0v) is 13.2. The monoisotopic (exact) mass is 375 g/mol. The summed E-state index contributed by atoms with van der Waals surface area (Å²) in [4.78, 5) is 46.4. The molecule has 0 atom stereocenters. The fourth-order valence-electron chi connectivity index (χ4n) is 1.90. The van der Waals surface area contributed by atoms with Gasteiger partial charge in [0.1, 0.15) is 0 Å². The fourth-order valence-corrected chi connectivity index (χ4v) is 1.90. The van der Waals surface area contributed by atoms with Crippen molar-refractivity contribution >= 4 is 28.9 Å². The number of nitro groups is 3. The minimum atomic E-state index is -1.24. The van der Waals surface area contributed by atoms with E-state index in [0.29, 0.717) is 6.07 Å². The SMILES string of the molecule is N/C(=N\OC(=O)c1cc([N+](=O)[O-])cc([N+](=O)[O-])c1)c1cccc([N+](=O)[O-])c1. The molecule has 0 aliphatic carbocycles. The standard InChI is InChI=1S/C14H9N5O8/c15-13(8-2-1-3-10(4-8)17(21)22)16-27-14(20)9-5-11(18(23)24)7-12(6-9)19(25)26/h1-7H,(H2,15,16). The molecule has 0 bridgehead atoms. The Morgan fingerprint density at radius 3 is 1.89 bits per heavy atom. The zero-order chi connectivity index (χ0) is 20.1. The van der Waals surface area contributed by atoms with Gasteiger partial charge in [-0.15, -0.1) is 0 Å². The summed E-state index contributed by atoms with van der Waals surface area (Å²) in [5.74, 6) is -1.62. The van der Waals surface area contributed by atoms with E-state index in [0.717, 1.165) is 18.2 Å². The Labute approximate surface area is 149 Å². The highest BCUT2D eigenvalue weighted by atomic mass is 16.7. The largest absolute Gasteiger partial charge is 0.380 e. The van der Waals surface area contributed by atoms with Gasteiger partial charge >= 0.3 is 5.97 Å². The van der Waals surface area contributed by atoms with E-state index < -0.39 is 37.7 Å². The van der Waals surface area contributed by atoms with Gasteiger partial charge in [0.15, 0.2) is 5.84 Å². The van der Waals surface area contributed by atoms with Crippen LogP contribution in [-0.2, 0) is 4.84 Å². The van der Waals surface area contributed by atoms with E-state index in [1.165, 1.54) is 18.2 Å². The lowest BCUT2D eigenvalue weighted by molar-refractivity contribution is -0.394. The maximum Gasteiger partial charge on any atom is 0.366 e. The average Bonchev–Trinajstić information content (AvgIpc) is 2.65. The van der Waals surface area contributed by atoms with Gasteiger partial charge in [-0.25, -0.2) is 4.79 Å². The van der Waals surface area contributed by atoms with Crippen molar-refractivity contribution in [2.24, 2.45) is 10.9 Å². The Kier molecular flexibility index (Phi) is 5.35. The van der Waals surface area contributed by atoms with E-state index in [1.54, 1.807) is 0 Å². The molecular weight excluding hydrogens is 366 g/mol. The summed E-state index contributed by atoms with van der Waals surface area (Å²) >= 11 is 0. The smallest absolute Gasteiger partial charge is 0.366 e. The lowest BCUT2D eigenvalue weighted by Gasteiger charge is -2.02. The van der Waals surface area contributed by atoms with Crippen LogP contribution in [-0.4, -0.2) is 26.6 Å². The van der Waals surface area contributed by atoms with Gasteiger partial charge in [0.25, 0.3) is 17.1 Å². The van der Waals surface area contributed by atoms with Gasteiger partial charge in [-0.05, 0) is 0 Å². The molecule has 0 unspecified atom stereocenters. The lowest BCUT2D eigenvalue weighted by atomic mass is 10.2. The molecule has 0 aliphatic rings. The molecule has 0 amide bonds. The number of carbonyl (C=O) groups excluding carboxylic acids is 1. The second-order valence-corrected chi connectivity index (χ2v) is 4.92. The number of amidine groups is 1. The number of benzene rings is 2. The van der Waals surface area contributed by atoms with Crippen LogP contribution in [0.5, 0.6) is 0 Å². The molecule has 0 saturated carbocycles. The number of rotatable bonds is 6. The van der Waals surface area contributed by atoms with Crippen LogP contribution in [0.15, 0.2) is 47.6 Å². The Bertz CT molecular complexity index is 955. The average molecular weight is 375 g/mol. The lowest BCUT2D eigenvalue weighted by Crippen LogP contribution is -2.15. The third-order valence-electron chi connectivity index (χ3n) is 3.14. The summed E-state index contributed by atoms with van der Waals surface area (Å²) in [6.45, 7) is 0. The third kappa shape index (κ3) is 4.56. The molecule has 0 saturated heterocycles. The number of oxime groups is 1. The van der Waals surface area contributed by atoms with Crippen LogP contribution in [0.4, 0.5) is 17.1 Å². The Morgan fingerprint density at radius 1 is 0.852 bits per heavy atom. The van der Waals surface area contributed by atoms with Crippen LogP contribution in [0.2, 0.25) is 0 Å². The van der Waals surface area contributed by atoms with Crippen molar-refractivity contribution in [2.75, 3.05) is 0 Å². The molecule has 0 spiro atoms. The fraction of sp³-hybridized carbons (Fsp3) is 0. The molecular formula is C14H9N5O8. The summed E-state index contributed by atoms with van der Waals surface area (Å²) in [5.41, 5.74) is 3.52. The minimum Gasteiger partial charge on any atom is -0.380 e. The molecule has 13 nitrogen and oxygen atoms in total. The minimum absolute atomic E-state index is 0.0852. The highest BCUT2D eigenvalue weighted by Gasteiger charge is 2.21. The number of non-ortho nitro benzene ring substituents is 3. The molecule has 0 radical (unpaired) electrons. The van der Waals surface area contributed by atoms with Crippen LogP contribution < -0.4 is 5.73 Å². The number of carbonyl (C=O) groups is 1. The van der Waals surface area contributed by atoms with Crippen molar-refractivity contribution in [3.05, 3.63) is 83.9 Å². The second kappa shape index (κ2) is 7.64. The molecule has 27 heavy (non-hydrogen) atoms. The predicted molar refractivity (Wildman–Crippen MR) is 89.0 cm³/mol. The normalized spacial score (nSPS) is 10.9. The summed E-state index contributed by atoms with van der Waals surface area (Å²) in [7, 11) is 0. The van der Waals surface area contributed by atoms with Gasteiger partial charge in [-0.3, -0.25) is 30.3 Å². The van der Waals surface area contributed by atoms with Crippen molar-refractivity contribution in [1.29, 1.82) is 0 Å². The topological polar surface area (TPSA) is 194 Å². The van der Waals surface area contributed by atoms with E-state index in [-0.39, 0.29) is 17.1 Å². The van der Waals surface area contributed by atoms with Crippen molar-refractivity contribution in [3.8, 4) is 0 Å². The predicted octanol–water partition coefficient (Wildman–Crippen LogP) is 1.89. The van der Waals surface area contributed by atoms with E-state index in [2.05, 4.69) is 9.99 Å². The van der Waals surface area contributed by atoms with Crippen molar-refractivity contribution in [1.82, 2.24) is 0 Å². The first-order chi connectivity index (χ1) is 12.7. The third-order valence-corrected chi connectivity index (χ3v) is 3.14. The first-order valence-corrected chi connectivity index (χ1v) is 6.92. The summed E-state index contributed by atoms with van der Waals surface area (Å²) < 4.78 is 0.